The van der Waals surface area contributed by atoms with Gasteiger partial charge in [0.25, 0.3) is 0 Å². The van der Waals surface area contributed by atoms with Crippen LogP contribution >= 0.6 is 0 Å². The minimum atomic E-state index is 1.02. The Morgan fingerprint density at radius 1 is 1.43 bits per heavy atom. The van der Waals surface area contributed by atoms with E-state index in [1.165, 1.54) is 28.8 Å². The lowest BCUT2D eigenvalue weighted by atomic mass is 9.99. The lowest BCUT2D eigenvalue weighted by molar-refractivity contribution is 0.501. The van der Waals surface area contributed by atoms with Crippen molar-refractivity contribution in [3.05, 3.63) is 41.5 Å². The van der Waals surface area contributed by atoms with Crippen molar-refractivity contribution in [1.82, 2.24) is 4.90 Å². The molecule has 0 fully saturated rings. The third-order valence-corrected chi connectivity index (χ3v) is 2.91. The summed E-state index contributed by atoms with van der Waals surface area (Å²) in [6, 6.07) is 6.60. The van der Waals surface area contributed by atoms with Crippen LogP contribution < -0.4 is 0 Å². The lowest BCUT2D eigenvalue weighted by Crippen LogP contribution is -2.06. The Morgan fingerprint density at radius 2 is 2.21 bits per heavy atom. The summed E-state index contributed by atoms with van der Waals surface area (Å²) in [5.74, 6) is 0. The van der Waals surface area contributed by atoms with E-state index in [0.29, 0.717) is 0 Å². The Morgan fingerprint density at radius 3 is 2.93 bits per heavy atom. The summed E-state index contributed by atoms with van der Waals surface area (Å²) < 4.78 is 0. The van der Waals surface area contributed by atoms with E-state index in [4.69, 9.17) is 0 Å². The van der Waals surface area contributed by atoms with Gasteiger partial charge in [0.05, 0.1) is 0 Å². The number of hydrogen-bond acceptors (Lipinski definition) is 1. The first-order chi connectivity index (χ1) is 6.74. The van der Waals surface area contributed by atoms with Crippen LogP contribution in [0.1, 0.15) is 30.0 Å². The second kappa shape index (κ2) is 3.49. The van der Waals surface area contributed by atoms with Crippen LogP contribution in [0.25, 0.3) is 5.70 Å². The molecule has 1 aromatic rings. The van der Waals surface area contributed by atoms with Crippen LogP contribution in [0.15, 0.2) is 24.8 Å². The van der Waals surface area contributed by atoms with E-state index in [9.17, 15) is 0 Å². The van der Waals surface area contributed by atoms with Gasteiger partial charge < -0.3 is 4.90 Å². The van der Waals surface area contributed by atoms with Crippen molar-refractivity contribution in [2.45, 2.75) is 26.3 Å². The van der Waals surface area contributed by atoms with Crippen LogP contribution in [0.2, 0.25) is 0 Å². The molecular formula is C13H17N. The van der Waals surface area contributed by atoms with E-state index in [1.807, 2.05) is 0 Å². The van der Waals surface area contributed by atoms with E-state index < -0.39 is 0 Å². The third kappa shape index (κ3) is 1.33. The molecule has 0 atom stereocenters. The predicted molar refractivity (Wildman–Crippen MR) is 60.9 cm³/mol. The zero-order valence-corrected chi connectivity index (χ0v) is 9.01. The minimum absolute atomic E-state index is 1.02. The molecule has 1 aromatic carbocycles. The van der Waals surface area contributed by atoms with Crippen LogP contribution in [0.3, 0.4) is 0 Å². The normalized spacial score (nSPS) is 14.7. The van der Waals surface area contributed by atoms with Gasteiger partial charge in [-0.15, -0.1) is 0 Å². The molecule has 0 aromatic heterocycles. The average Bonchev–Trinajstić information content (AvgIpc) is 2.45. The fourth-order valence-corrected chi connectivity index (χ4v) is 2.18. The van der Waals surface area contributed by atoms with Crippen LogP contribution in [-0.4, -0.2) is 11.9 Å². The molecule has 0 bridgehead atoms. The molecule has 1 heteroatoms. The first-order valence-corrected chi connectivity index (χ1v) is 5.25. The molecule has 0 aliphatic carbocycles. The number of nitrogens with zero attached hydrogens (tertiary/aromatic N) is 1. The summed E-state index contributed by atoms with van der Waals surface area (Å²) in [7, 11) is 2.11. The smallest absolute Gasteiger partial charge is 0.0433 e. The van der Waals surface area contributed by atoms with E-state index in [1.54, 1.807) is 0 Å². The number of hydrogen-bond donors (Lipinski definition) is 0. The molecule has 1 heterocycles. The number of fused-ring (bicyclic) bond motifs is 1. The Balaban J connectivity index is 2.47. The molecule has 74 valence electrons. The van der Waals surface area contributed by atoms with Crippen LogP contribution in [0.4, 0.5) is 0 Å². The SMILES string of the molecule is C=C1c2c(CCC)cccc2CN1C. The van der Waals surface area contributed by atoms with Crippen molar-refractivity contribution in [3.8, 4) is 0 Å². The fourth-order valence-electron chi connectivity index (χ4n) is 2.18. The maximum Gasteiger partial charge on any atom is 0.0433 e. The Hall–Kier alpha value is -1.24. The third-order valence-electron chi connectivity index (χ3n) is 2.91. The van der Waals surface area contributed by atoms with Gasteiger partial charge in [-0.05, 0) is 17.5 Å². The quantitative estimate of drug-likeness (QED) is 0.688. The van der Waals surface area contributed by atoms with Crippen molar-refractivity contribution in [2.75, 3.05) is 7.05 Å². The molecule has 0 saturated heterocycles. The van der Waals surface area contributed by atoms with Gasteiger partial charge in [-0.2, -0.15) is 0 Å². The van der Waals surface area contributed by atoms with Crippen LogP contribution in [0.5, 0.6) is 0 Å². The van der Waals surface area contributed by atoms with Gasteiger partial charge in [-0.1, -0.05) is 38.1 Å². The molecule has 1 aliphatic heterocycles. The molecule has 0 amide bonds. The minimum Gasteiger partial charge on any atom is -0.370 e. The van der Waals surface area contributed by atoms with Crippen molar-refractivity contribution in [1.29, 1.82) is 0 Å². The average molecular weight is 187 g/mol. The van der Waals surface area contributed by atoms with Crippen molar-refractivity contribution in [2.24, 2.45) is 0 Å². The number of rotatable bonds is 2. The predicted octanol–water partition coefficient (Wildman–Crippen LogP) is 3.06. The Bertz CT molecular complexity index is 365. The summed E-state index contributed by atoms with van der Waals surface area (Å²) in [6.07, 6.45) is 2.36. The van der Waals surface area contributed by atoms with Gasteiger partial charge in [0, 0.05) is 24.9 Å². The second-order valence-corrected chi connectivity index (χ2v) is 4.00. The maximum absolute atomic E-state index is 4.15. The molecule has 1 aliphatic rings. The van der Waals surface area contributed by atoms with Gasteiger partial charge in [0.1, 0.15) is 0 Å². The highest BCUT2D eigenvalue weighted by Gasteiger charge is 2.21. The largest absolute Gasteiger partial charge is 0.370 e. The summed E-state index contributed by atoms with van der Waals surface area (Å²) in [6.45, 7) is 7.39. The van der Waals surface area contributed by atoms with Gasteiger partial charge >= 0.3 is 0 Å². The van der Waals surface area contributed by atoms with Crippen molar-refractivity contribution < 1.29 is 0 Å². The molecule has 1 nitrogen and oxygen atoms in total. The first kappa shape index (κ1) is 9.32. The monoisotopic (exact) mass is 187 g/mol. The van der Waals surface area contributed by atoms with Crippen LogP contribution in [-0.2, 0) is 13.0 Å². The Kier molecular flexibility index (Phi) is 2.32. The first-order valence-electron chi connectivity index (χ1n) is 5.25. The van der Waals surface area contributed by atoms with Gasteiger partial charge in [0.15, 0.2) is 0 Å². The second-order valence-electron chi connectivity index (χ2n) is 4.00. The van der Waals surface area contributed by atoms with E-state index in [2.05, 4.69) is 43.6 Å². The highest BCUT2D eigenvalue weighted by Crippen LogP contribution is 2.33. The highest BCUT2D eigenvalue weighted by atomic mass is 15.1. The van der Waals surface area contributed by atoms with E-state index in [-0.39, 0.29) is 0 Å². The zero-order valence-electron chi connectivity index (χ0n) is 9.01. The maximum atomic E-state index is 4.15. The standard InChI is InChI=1S/C13H17N/c1-4-6-11-7-5-8-12-9-14(3)10(2)13(11)12/h5,7-8H,2,4,6,9H2,1,3H3. The molecule has 0 unspecified atom stereocenters. The topological polar surface area (TPSA) is 3.24 Å². The molecule has 2 rings (SSSR count). The molecule has 0 saturated carbocycles. The molecule has 0 spiro atoms. The van der Waals surface area contributed by atoms with Crippen molar-refractivity contribution >= 4 is 5.70 Å². The zero-order chi connectivity index (χ0) is 10.1. The summed E-state index contributed by atoms with van der Waals surface area (Å²) in [5, 5.41) is 0. The summed E-state index contributed by atoms with van der Waals surface area (Å²) >= 11 is 0. The summed E-state index contributed by atoms with van der Waals surface area (Å²) in [4.78, 5) is 2.23. The van der Waals surface area contributed by atoms with Crippen LogP contribution in [0, 0.1) is 0 Å². The van der Waals surface area contributed by atoms with E-state index in [0.717, 1.165) is 13.0 Å². The molecule has 0 radical (unpaired) electrons. The number of aryl methyl sites for hydroxylation is 1. The van der Waals surface area contributed by atoms with E-state index >= 15 is 0 Å². The van der Waals surface area contributed by atoms with Gasteiger partial charge in [-0.25, -0.2) is 0 Å². The number of benzene rings is 1. The van der Waals surface area contributed by atoms with Gasteiger partial charge in [-0.3, -0.25) is 0 Å². The lowest BCUT2D eigenvalue weighted by Gasteiger charge is -2.12. The van der Waals surface area contributed by atoms with Crippen molar-refractivity contribution in [3.63, 3.8) is 0 Å². The molecule has 14 heavy (non-hydrogen) atoms. The Labute approximate surface area is 86.1 Å². The molecular weight excluding hydrogens is 170 g/mol. The summed E-state index contributed by atoms with van der Waals surface area (Å²) in [5.41, 5.74) is 5.48. The van der Waals surface area contributed by atoms with Gasteiger partial charge in [0.2, 0.25) is 0 Å². The highest BCUT2D eigenvalue weighted by molar-refractivity contribution is 5.71. The fraction of sp³-hybridized carbons (Fsp3) is 0.385. The molecule has 0 N–H and O–H groups in total.